The number of hydrogen-bond acceptors (Lipinski definition) is 6. The van der Waals surface area contributed by atoms with Crippen LogP contribution >= 0.6 is 0 Å². The van der Waals surface area contributed by atoms with Gasteiger partial charge in [-0.15, -0.1) is 0 Å². The Morgan fingerprint density at radius 3 is 2.76 bits per heavy atom. The molecular formula is C16H18F2N6O. The van der Waals surface area contributed by atoms with Crippen molar-refractivity contribution >= 4 is 17.4 Å². The van der Waals surface area contributed by atoms with Gasteiger partial charge in [-0.25, -0.2) is 4.98 Å². The first-order valence-corrected chi connectivity index (χ1v) is 7.63. The molecule has 0 unspecified atom stereocenters. The van der Waals surface area contributed by atoms with E-state index in [1.54, 1.807) is 0 Å². The van der Waals surface area contributed by atoms with Crippen LogP contribution in [0.5, 0.6) is 0 Å². The Morgan fingerprint density at radius 1 is 1.44 bits per heavy atom. The van der Waals surface area contributed by atoms with Gasteiger partial charge in [0, 0.05) is 24.4 Å². The summed E-state index contributed by atoms with van der Waals surface area (Å²) in [6.07, 6.45) is 3.92. The summed E-state index contributed by atoms with van der Waals surface area (Å²) in [5.74, 6) is -4.00. The number of alkyl halides is 2. The number of anilines is 1. The molecule has 9 heteroatoms. The first kappa shape index (κ1) is 18.4. The molecule has 1 aromatic rings. The van der Waals surface area contributed by atoms with Crippen LogP contribution in [0.25, 0.3) is 0 Å². The molecule has 0 radical (unpaired) electrons. The Bertz CT molecular complexity index is 752. The summed E-state index contributed by atoms with van der Waals surface area (Å²) in [6.45, 7) is 2.92. The Labute approximate surface area is 143 Å². The molecule has 2 rings (SSSR count). The molecule has 0 aromatic carbocycles. The minimum Gasteiger partial charge on any atom is -0.337 e. The maximum atomic E-state index is 14.4. The van der Waals surface area contributed by atoms with Crippen molar-refractivity contribution < 1.29 is 13.6 Å². The van der Waals surface area contributed by atoms with Crippen LogP contribution in [0.2, 0.25) is 0 Å². The second kappa shape index (κ2) is 6.93. The van der Waals surface area contributed by atoms with Gasteiger partial charge in [-0.3, -0.25) is 15.2 Å². The predicted octanol–water partition coefficient (Wildman–Crippen LogP) is 2.40. The third kappa shape index (κ3) is 4.35. The molecule has 1 aliphatic rings. The number of rotatable bonds is 5. The molecule has 0 fully saturated rings. The maximum Gasteiger partial charge on any atom is 0.288 e. The van der Waals surface area contributed by atoms with Crippen LogP contribution < -0.4 is 10.6 Å². The van der Waals surface area contributed by atoms with Crippen LogP contribution in [0.3, 0.4) is 0 Å². The Hall–Kier alpha value is -2.89. The lowest BCUT2D eigenvalue weighted by Crippen LogP contribution is -2.46. The van der Waals surface area contributed by atoms with E-state index in [9.17, 15) is 13.6 Å². The molecule has 1 aromatic heterocycles. The lowest BCUT2D eigenvalue weighted by molar-refractivity contribution is -0.115. The van der Waals surface area contributed by atoms with E-state index in [4.69, 9.17) is 10.7 Å². The first-order chi connectivity index (χ1) is 11.7. The number of halogens is 2. The van der Waals surface area contributed by atoms with Crippen molar-refractivity contribution in [2.75, 3.05) is 5.32 Å². The number of nitrogens with zero attached hydrogens (tertiary/aromatic N) is 3. The van der Waals surface area contributed by atoms with Crippen LogP contribution in [0.4, 0.5) is 14.6 Å². The topological polar surface area (TPSA) is 115 Å². The Morgan fingerprint density at radius 2 is 2.16 bits per heavy atom. The lowest BCUT2D eigenvalue weighted by atomic mass is 9.89. The van der Waals surface area contributed by atoms with Gasteiger partial charge in [0.2, 0.25) is 0 Å². The zero-order valence-electron chi connectivity index (χ0n) is 13.9. The summed E-state index contributed by atoms with van der Waals surface area (Å²) in [5, 5.41) is 21.9. The highest BCUT2D eigenvalue weighted by Gasteiger charge is 2.41. The van der Waals surface area contributed by atoms with Crippen molar-refractivity contribution in [3.8, 4) is 6.07 Å². The van der Waals surface area contributed by atoms with E-state index in [0.29, 0.717) is 0 Å². The number of nitriles is 1. The Balaban J connectivity index is 2.37. The molecule has 0 spiro atoms. The van der Waals surface area contributed by atoms with Crippen LogP contribution in [0.15, 0.2) is 29.9 Å². The number of hydrogen-bond donors (Lipinski definition) is 3. The SMILES string of the molecule is CC(C)(C#N)NC(=O)C(=N)C1=C(Nc2cnccn2)C(F)(F)CCC1. The number of carbonyl (C=O) groups excluding carboxylic acids is 1. The van der Waals surface area contributed by atoms with Crippen molar-refractivity contribution in [1.29, 1.82) is 10.7 Å². The van der Waals surface area contributed by atoms with Gasteiger partial charge in [0.15, 0.2) is 0 Å². The summed E-state index contributed by atoms with van der Waals surface area (Å²) in [7, 11) is 0. The largest absolute Gasteiger partial charge is 0.337 e. The minimum atomic E-state index is -3.22. The maximum absolute atomic E-state index is 14.4. The van der Waals surface area contributed by atoms with Crippen LogP contribution in [-0.2, 0) is 4.79 Å². The quantitative estimate of drug-likeness (QED) is 0.707. The van der Waals surface area contributed by atoms with Gasteiger partial charge >= 0.3 is 0 Å². The molecule has 3 N–H and O–H groups in total. The number of carbonyl (C=O) groups is 1. The summed E-state index contributed by atoms with van der Waals surface area (Å²) >= 11 is 0. The number of amides is 1. The van der Waals surface area contributed by atoms with Gasteiger partial charge in [-0.05, 0) is 26.7 Å². The Kier molecular flexibility index (Phi) is 5.11. The third-order valence-electron chi connectivity index (χ3n) is 3.64. The summed E-state index contributed by atoms with van der Waals surface area (Å²) in [6, 6.07) is 1.87. The fourth-order valence-electron chi connectivity index (χ4n) is 2.38. The molecule has 132 valence electrons. The van der Waals surface area contributed by atoms with E-state index in [0.717, 1.165) is 0 Å². The smallest absolute Gasteiger partial charge is 0.288 e. The average Bonchev–Trinajstić information content (AvgIpc) is 2.56. The van der Waals surface area contributed by atoms with E-state index < -0.39 is 35.2 Å². The zero-order chi connectivity index (χ0) is 18.7. The van der Waals surface area contributed by atoms with Crippen molar-refractivity contribution in [1.82, 2.24) is 15.3 Å². The summed E-state index contributed by atoms with van der Waals surface area (Å²) < 4.78 is 28.8. The highest BCUT2D eigenvalue weighted by atomic mass is 19.3. The highest BCUT2D eigenvalue weighted by Crippen LogP contribution is 2.38. The normalized spacial score (nSPS) is 16.8. The molecule has 0 atom stereocenters. The fourth-order valence-corrected chi connectivity index (χ4v) is 2.38. The predicted molar refractivity (Wildman–Crippen MR) is 87.0 cm³/mol. The van der Waals surface area contributed by atoms with Gasteiger partial charge in [-0.1, -0.05) is 0 Å². The number of aromatic nitrogens is 2. The van der Waals surface area contributed by atoms with E-state index in [-0.39, 0.29) is 24.2 Å². The van der Waals surface area contributed by atoms with Gasteiger partial charge in [-0.2, -0.15) is 14.0 Å². The highest BCUT2D eigenvalue weighted by molar-refractivity contribution is 6.44. The van der Waals surface area contributed by atoms with E-state index in [2.05, 4.69) is 20.6 Å². The molecule has 1 aliphatic carbocycles. The standard InChI is InChI=1S/C16H18F2N6O/c1-15(2,9-19)24-14(25)12(20)10-4-3-5-16(17,18)13(10)23-11-8-21-6-7-22-11/h6-8,20H,3-5H2,1-2H3,(H,22,23)(H,24,25). The van der Waals surface area contributed by atoms with Gasteiger partial charge in [0.25, 0.3) is 11.8 Å². The van der Waals surface area contributed by atoms with Crippen LogP contribution in [-0.4, -0.2) is 33.0 Å². The third-order valence-corrected chi connectivity index (χ3v) is 3.64. The van der Waals surface area contributed by atoms with Gasteiger partial charge in [0.05, 0.1) is 18.0 Å². The zero-order valence-corrected chi connectivity index (χ0v) is 13.9. The summed E-state index contributed by atoms with van der Waals surface area (Å²) in [4.78, 5) is 19.9. The second-order valence-electron chi connectivity index (χ2n) is 6.19. The average molecular weight is 348 g/mol. The molecule has 0 saturated carbocycles. The van der Waals surface area contributed by atoms with Gasteiger partial charge in [0.1, 0.15) is 17.1 Å². The van der Waals surface area contributed by atoms with Crippen LogP contribution in [0, 0.1) is 16.7 Å². The van der Waals surface area contributed by atoms with E-state index in [1.807, 2.05) is 6.07 Å². The van der Waals surface area contributed by atoms with Crippen LogP contribution in [0.1, 0.15) is 33.1 Å². The summed E-state index contributed by atoms with van der Waals surface area (Å²) in [5.41, 5.74) is -2.41. The molecule has 0 aliphatic heterocycles. The van der Waals surface area contributed by atoms with Crippen molar-refractivity contribution in [3.63, 3.8) is 0 Å². The molecule has 1 amide bonds. The van der Waals surface area contributed by atoms with E-state index >= 15 is 0 Å². The fraction of sp³-hybridized carbons (Fsp3) is 0.438. The minimum absolute atomic E-state index is 0.0897. The molecule has 1 heterocycles. The van der Waals surface area contributed by atoms with E-state index in [1.165, 1.54) is 32.4 Å². The molecular weight excluding hydrogens is 330 g/mol. The number of nitrogens with one attached hydrogen (secondary N) is 3. The second-order valence-corrected chi connectivity index (χ2v) is 6.19. The number of allylic oxidation sites excluding steroid dienone is 1. The van der Waals surface area contributed by atoms with Crippen molar-refractivity contribution in [2.45, 2.75) is 44.6 Å². The van der Waals surface area contributed by atoms with Crippen molar-refractivity contribution in [3.05, 3.63) is 29.9 Å². The lowest BCUT2D eigenvalue weighted by Gasteiger charge is -2.29. The van der Waals surface area contributed by atoms with Crippen molar-refractivity contribution in [2.24, 2.45) is 0 Å². The monoisotopic (exact) mass is 348 g/mol. The first-order valence-electron chi connectivity index (χ1n) is 7.63. The molecule has 7 nitrogen and oxygen atoms in total. The van der Waals surface area contributed by atoms with Gasteiger partial charge < -0.3 is 10.6 Å². The molecule has 0 saturated heterocycles. The molecule has 25 heavy (non-hydrogen) atoms. The molecule has 0 bridgehead atoms.